The van der Waals surface area contributed by atoms with Crippen molar-refractivity contribution in [1.82, 2.24) is 19.7 Å². The second-order valence-electron chi connectivity index (χ2n) is 6.86. The number of anilines is 1. The zero-order chi connectivity index (χ0) is 19.3. The highest BCUT2D eigenvalue weighted by Crippen LogP contribution is 2.29. The minimum absolute atomic E-state index is 0.0769. The lowest BCUT2D eigenvalue weighted by atomic mass is 10.1. The number of hydrogen-bond donors (Lipinski definition) is 3. The van der Waals surface area contributed by atoms with Crippen molar-refractivity contribution in [3.05, 3.63) is 77.0 Å². The summed E-state index contributed by atoms with van der Waals surface area (Å²) in [6, 6.07) is 16.5. The third-order valence-electron chi connectivity index (χ3n) is 4.63. The monoisotopic (exact) mass is 393 g/mol. The van der Waals surface area contributed by atoms with Crippen molar-refractivity contribution in [2.24, 2.45) is 7.05 Å². The molecule has 1 unspecified atom stereocenters. The highest BCUT2D eigenvalue weighted by molar-refractivity contribution is 8.00. The summed E-state index contributed by atoms with van der Waals surface area (Å²) < 4.78 is 1.94. The van der Waals surface area contributed by atoms with E-state index in [1.807, 2.05) is 53.8 Å². The number of rotatable bonds is 8. The largest absolute Gasteiger partial charge is 0.369 e. The van der Waals surface area contributed by atoms with Gasteiger partial charge in [-0.3, -0.25) is 15.0 Å². The molecule has 0 saturated carbocycles. The molecule has 144 valence electrons. The van der Waals surface area contributed by atoms with Crippen molar-refractivity contribution < 1.29 is 0 Å². The molecule has 0 aliphatic carbocycles. The Morgan fingerprint density at radius 3 is 2.82 bits per heavy atom. The van der Waals surface area contributed by atoms with Crippen molar-refractivity contribution in [3.8, 4) is 0 Å². The average Bonchev–Trinajstić information content (AvgIpc) is 3.28. The fraction of sp³-hybridized carbons (Fsp3) is 0.238. The van der Waals surface area contributed by atoms with Crippen LogP contribution in [0.25, 0.3) is 10.9 Å². The Kier molecular flexibility index (Phi) is 5.53. The number of imidazole rings is 1. The van der Waals surface area contributed by atoms with Gasteiger partial charge < -0.3 is 9.88 Å². The van der Waals surface area contributed by atoms with Gasteiger partial charge in [-0.1, -0.05) is 30.3 Å². The number of aromatic nitrogens is 4. The molecule has 7 heteroatoms. The second-order valence-corrected chi connectivity index (χ2v) is 8.23. The first-order chi connectivity index (χ1) is 13.7. The summed E-state index contributed by atoms with van der Waals surface area (Å²) in [5, 5.41) is 10.1. The molecule has 2 aromatic carbocycles. The van der Waals surface area contributed by atoms with Gasteiger partial charge in [0, 0.05) is 29.9 Å². The van der Waals surface area contributed by atoms with Gasteiger partial charge in [0.25, 0.3) is 5.56 Å². The smallest absolute Gasteiger partial charge is 0.271 e. The van der Waals surface area contributed by atoms with Gasteiger partial charge in [0.15, 0.2) is 0 Å². The van der Waals surface area contributed by atoms with E-state index in [0.717, 1.165) is 35.6 Å². The fourth-order valence-corrected chi connectivity index (χ4v) is 4.46. The zero-order valence-electron chi connectivity index (χ0n) is 15.7. The molecule has 0 aliphatic heterocycles. The second kappa shape index (κ2) is 8.39. The van der Waals surface area contributed by atoms with Crippen molar-refractivity contribution >= 4 is 28.5 Å². The van der Waals surface area contributed by atoms with Gasteiger partial charge in [-0.05, 0) is 36.6 Å². The van der Waals surface area contributed by atoms with Crippen LogP contribution in [0.3, 0.4) is 0 Å². The van der Waals surface area contributed by atoms with E-state index in [2.05, 4.69) is 44.8 Å². The first kappa shape index (κ1) is 18.4. The molecule has 0 spiro atoms. The van der Waals surface area contributed by atoms with Crippen molar-refractivity contribution in [2.75, 3.05) is 11.9 Å². The Morgan fingerprint density at radius 1 is 1.18 bits per heavy atom. The number of nitrogens with zero attached hydrogens (tertiary/aromatic N) is 2. The van der Waals surface area contributed by atoms with Gasteiger partial charge in [-0.2, -0.15) is 0 Å². The summed E-state index contributed by atoms with van der Waals surface area (Å²) in [5.74, 6) is 0.900. The molecular weight excluding hydrogens is 370 g/mol. The Labute approximate surface area is 167 Å². The standard InChI is InChI=1S/C21H23N5OS/c1-26-13-20(23-14-26)22-10-9-17(11-15-5-3-2-4-6-15)28-16-7-8-18-19(12-16)24-25-21(18)27/h2-8,12-14,17,22H,9-11H2,1H3,(H2,24,25,27). The molecule has 4 aromatic rings. The van der Waals surface area contributed by atoms with Gasteiger partial charge in [0.2, 0.25) is 0 Å². The van der Waals surface area contributed by atoms with Crippen LogP contribution in [0.15, 0.2) is 70.7 Å². The van der Waals surface area contributed by atoms with Crippen LogP contribution in [0.1, 0.15) is 12.0 Å². The first-order valence-corrected chi connectivity index (χ1v) is 10.2. The topological polar surface area (TPSA) is 78.5 Å². The Hall–Kier alpha value is -2.93. The molecule has 0 aliphatic rings. The third kappa shape index (κ3) is 4.48. The number of aryl methyl sites for hydroxylation is 1. The van der Waals surface area contributed by atoms with Crippen molar-refractivity contribution in [2.45, 2.75) is 23.0 Å². The van der Waals surface area contributed by atoms with Gasteiger partial charge >= 0.3 is 0 Å². The number of thioether (sulfide) groups is 1. The van der Waals surface area contributed by atoms with Crippen molar-refractivity contribution in [3.63, 3.8) is 0 Å². The molecule has 6 nitrogen and oxygen atoms in total. The van der Waals surface area contributed by atoms with E-state index >= 15 is 0 Å². The van der Waals surface area contributed by atoms with Crippen molar-refractivity contribution in [1.29, 1.82) is 0 Å². The summed E-state index contributed by atoms with van der Waals surface area (Å²) >= 11 is 1.85. The van der Waals surface area contributed by atoms with E-state index in [-0.39, 0.29) is 5.56 Å². The highest BCUT2D eigenvalue weighted by atomic mass is 32.2. The maximum atomic E-state index is 11.7. The van der Waals surface area contributed by atoms with Crippen LogP contribution < -0.4 is 10.9 Å². The molecule has 2 heterocycles. The molecule has 1 atom stereocenters. The predicted molar refractivity (Wildman–Crippen MR) is 115 cm³/mol. The summed E-state index contributed by atoms with van der Waals surface area (Å²) in [5.41, 5.74) is 2.10. The lowest BCUT2D eigenvalue weighted by molar-refractivity contribution is 0.780. The van der Waals surface area contributed by atoms with E-state index in [9.17, 15) is 4.79 Å². The van der Waals surface area contributed by atoms with Crippen LogP contribution in [0, 0.1) is 0 Å². The van der Waals surface area contributed by atoms with Crippen LogP contribution >= 0.6 is 11.8 Å². The first-order valence-electron chi connectivity index (χ1n) is 9.30. The van der Waals surface area contributed by atoms with Crippen LogP contribution in [0.5, 0.6) is 0 Å². The Bertz CT molecular complexity index is 1100. The zero-order valence-corrected chi connectivity index (χ0v) is 16.5. The maximum absolute atomic E-state index is 11.7. The van der Waals surface area contributed by atoms with Gasteiger partial charge in [-0.15, -0.1) is 11.8 Å². The average molecular weight is 394 g/mol. The summed E-state index contributed by atoms with van der Waals surface area (Å²) in [6.07, 6.45) is 5.76. The van der Waals surface area contributed by atoms with E-state index in [1.165, 1.54) is 5.56 Å². The number of hydrogen-bond acceptors (Lipinski definition) is 4. The lowest BCUT2D eigenvalue weighted by Gasteiger charge is -2.17. The lowest BCUT2D eigenvalue weighted by Crippen LogP contribution is -2.14. The molecule has 4 rings (SSSR count). The quantitative estimate of drug-likeness (QED) is 0.398. The molecule has 2 aromatic heterocycles. The Morgan fingerprint density at radius 2 is 2.04 bits per heavy atom. The van der Waals surface area contributed by atoms with E-state index in [1.54, 1.807) is 6.33 Å². The van der Waals surface area contributed by atoms with Crippen LogP contribution in [-0.2, 0) is 13.5 Å². The maximum Gasteiger partial charge on any atom is 0.271 e. The van der Waals surface area contributed by atoms with Gasteiger partial charge in [-0.25, -0.2) is 4.98 Å². The summed E-state index contributed by atoms with van der Waals surface area (Å²) in [4.78, 5) is 17.2. The van der Waals surface area contributed by atoms with Crippen LogP contribution in [-0.4, -0.2) is 31.5 Å². The highest BCUT2D eigenvalue weighted by Gasteiger charge is 2.13. The molecular formula is C21H23N5OS. The fourth-order valence-electron chi connectivity index (χ4n) is 3.23. The molecule has 0 amide bonds. The minimum atomic E-state index is -0.0769. The predicted octanol–water partition coefficient (Wildman–Crippen LogP) is 3.80. The number of nitrogens with one attached hydrogen (secondary N) is 3. The van der Waals surface area contributed by atoms with Gasteiger partial charge in [0.05, 0.1) is 17.2 Å². The molecule has 0 bridgehead atoms. The van der Waals surface area contributed by atoms with Crippen LogP contribution in [0.4, 0.5) is 5.82 Å². The summed E-state index contributed by atoms with van der Waals surface area (Å²) in [6.45, 7) is 0.852. The molecule has 28 heavy (non-hydrogen) atoms. The normalized spacial score (nSPS) is 12.3. The number of benzene rings is 2. The van der Waals surface area contributed by atoms with E-state index < -0.39 is 0 Å². The Balaban J connectivity index is 1.46. The molecule has 0 fully saturated rings. The SMILES string of the molecule is Cn1cnc(NCCC(Cc2ccccc2)Sc2ccc3c(=O)[nH][nH]c3c2)c1. The van der Waals surface area contributed by atoms with E-state index in [0.29, 0.717) is 10.6 Å². The van der Waals surface area contributed by atoms with Gasteiger partial charge in [0.1, 0.15) is 5.82 Å². The minimum Gasteiger partial charge on any atom is -0.369 e. The number of fused-ring (bicyclic) bond motifs is 1. The number of aromatic amines is 2. The number of H-pyrrole nitrogens is 2. The molecule has 0 radical (unpaired) electrons. The van der Waals surface area contributed by atoms with E-state index in [4.69, 9.17) is 0 Å². The summed E-state index contributed by atoms with van der Waals surface area (Å²) in [7, 11) is 1.97. The molecule has 0 saturated heterocycles. The third-order valence-corrected chi connectivity index (χ3v) is 5.89. The van der Waals surface area contributed by atoms with Crippen LogP contribution in [0.2, 0.25) is 0 Å². The molecule has 3 N–H and O–H groups in total.